The van der Waals surface area contributed by atoms with Crippen LogP contribution in [0.25, 0.3) is 0 Å². The highest BCUT2D eigenvalue weighted by Crippen LogP contribution is 2.00. The number of tetrazole rings is 1. The van der Waals surface area contributed by atoms with Gasteiger partial charge in [0.15, 0.2) is 5.82 Å². The molecule has 0 spiro atoms. The number of H-pyrrole nitrogens is 1. The predicted molar refractivity (Wildman–Crippen MR) is 44.8 cm³/mol. The number of hydrogen-bond donors (Lipinski definition) is 1. The number of aryl methyl sites for hydroxylation is 3. The van der Waals surface area contributed by atoms with E-state index in [1.807, 2.05) is 17.8 Å². The van der Waals surface area contributed by atoms with Gasteiger partial charge in [0.2, 0.25) is 0 Å². The Balaban J connectivity index is 1.97. The van der Waals surface area contributed by atoms with Gasteiger partial charge in [-0.2, -0.15) is 10.3 Å². The van der Waals surface area contributed by atoms with Gasteiger partial charge >= 0.3 is 0 Å². The molecule has 0 radical (unpaired) electrons. The van der Waals surface area contributed by atoms with Crippen molar-refractivity contribution in [2.75, 3.05) is 0 Å². The average molecular weight is 178 g/mol. The van der Waals surface area contributed by atoms with Crippen LogP contribution in [0, 0.1) is 0 Å². The lowest BCUT2D eigenvalue weighted by Crippen LogP contribution is -2.01. The van der Waals surface area contributed by atoms with Crippen LogP contribution >= 0.6 is 0 Å². The van der Waals surface area contributed by atoms with Crippen LogP contribution in [0.3, 0.4) is 0 Å². The highest BCUT2D eigenvalue weighted by molar-refractivity contribution is 5.01. The van der Waals surface area contributed by atoms with Crippen LogP contribution in [0.15, 0.2) is 12.3 Å². The molecule has 2 rings (SSSR count). The molecule has 0 fully saturated rings. The second-order valence-corrected chi connectivity index (χ2v) is 2.77. The third kappa shape index (κ3) is 1.71. The summed E-state index contributed by atoms with van der Waals surface area (Å²) in [4.78, 5) is 0. The van der Waals surface area contributed by atoms with Gasteiger partial charge in [-0.15, -0.1) is 10.2 Å². The fourth-order valence-electron chi connectivity index (χ4n) is 1.17. The van der Waals surface area contributed by atoms with E-state index in [0.717, 1.165) is 18.7 Å². The molecule has 0 unspecified atom stereocenters. The van der Waals surface area contributed by atoms with Crippen molar-refractivity contribution in [1.29, 1.82) is 0 Å². The van der Waals surface area contributed by atoms with Gasteiger partial charge in [-0.05, 0) is 12.5 Å². The molecule has 0 bridgehead atoms. The molecule has 0 aliphatic carbocycles. The first-order chi connectivity index (χ1) is 6.36. The van der Waals surface area contributed by atoms with Crippen molar-refractivity contribution in [3.63, 3.8) is 0 Å². The molecule has 0 atom stereocenters. The highest BCUT2D eigenvalue weighted by atomic mass is 15.5. The van der Waals surface area contributed by atoms with E-state index in [1.165, 1.54) is 5.69 Å². The first-order valence-electron chi connectivity index (χ1n) is 4.05. The van der Waals surface area contributed by atoms with E-state index in [9.17, 15) is 0 Å². The summed E-state index contributed by atoms with van der Waals surface area (Å²) in [7, 11) is 1.92. The molecule has 68 valence electrons. The zero-order valence-corrected chi connectivity index (χ0v) is 7.30. The number of aromatic nitrogens is 6. The number of nitrogens with one attached hydrogen (secondary N) is 1. The largest absolute Gasteiger partial charge is 0.273 e. The summed E-state index contributed by atoms with van der Waals surface area (Å²) >= 11 is 0. The summed E-state index contributed by atoms with van der Waals surface area (Å²) < 4.78 is 1.85. The van der Waals surface area contributed by atoms with E-state index < -0.39 is 0 Å². The molecule has 0 aromatic carbocycles. The highest BCUT2D eigenvalue weighted by Gasteiger charge is 2.01. The van der Waals surface area contributed by atoms with Crippen LogP contribution in [0.1, 0.15) is 11.5 Å². The maximum atomic E-state index is 4.07. The molecule has 2 aromatic rings. The lowest BCUT2D eigenvalue weighted by atomic mass is 10.2. The Hall–Kier alpha value is -1.72. The number of aromatic amines is 1. The van der Waals surface area contributed by atoms with Gasteiger partial charge in [0.1, 0.15) is 0 Å². The summed E-state index contributed by atoms with van der Waals surface area (Å²) in [5.74, 6) is 0.737. The molecule has 6 heteroatoms. The molecule has 0 aliphatic rings. The zero-order chi connectivity index (χ0) is 9.10. The average Bonchev–Trinajstić information content (AvgIpc) is 2.72. The molecule has 0 amide bonds. The van der Waals surface area contributed by atoms with Crippen molar-refractivity contribution in [3.8, 4) is 0 Å². The monoisotopic (exact) mass is 178 g/mol. The quantitative estimate of drug-likeness (QED) is 0.701. The molecule has 1 N–H and O–H groups in total. The van der Waals surface area contributed by atoms with Crippen LogP contribution in [-0.2, 0) is 19.9 Å². The van der Waals surface area contributed by atoms with E-state index in [-0.39, 0.29) is 0 Å². The van der Waals surface area contributed by atoms with E-state index in [0.29, 0.717) is 0 Å². The third-order valence-electron chi connectivity index (χ3n) is 1.92. The van der Waals surface area contributed by atoms with Gasteiger partial charge in [0.25, 0.3) is 0 Å². The molecule has 6 nitrogen and oxygen atoms in total. The van der Waals surface area contributed by atoms with Gasteiger partial charge in [0, 0.05) is 25.4 Å². The summed E-state index contributed by atoms with van der Waals surface area (Å²) in [6.45, 7) is 0. The van der Waals surface area contributed by atoms with Crippen molar-refractivity contribution >= 4 is 0 Å². The van der Waals surface area contributed by atoms with Crippen molar-refractivity contribution in [1.82, 2.24) is 30.4 Å². The summed E-state index contributed by atoms with van der Waals surface area (Å²) in [6.07, 6.45) is 3.46. The molecular weight excluding hydrogens is 168 g/mol. The summed E-state index contributed by atoms with van der Waals surface area (Å²) in [5.41, 5.74) is 1.17. The fourth-order valence-corrected chi connectivity index (χ4v) is 1.17. The Labute approximate surface area is 75.0 Å². The van der Waals surface area contributed by atoms with Gasteiger partial charge in [-0.3, -0.25) is 4.68 Å². The van der Waals surface area contributed by atoms with E-state index in [4.69, 9.17) is 0 Å². The Kier molecular flexibility index (Phi) is 2.03. The smallest absolute Gasteiger partial charge is 0.174 e. The Morgan fingerprint density at radius 2 is 2.38 bits per heavy atom. The van der Waals surface area contributed by atoms with Gasteiger partial charge in [-0.1, -0.05) is 5.21 Å². The summed E-state index contributed by atoms with van der Waals surface area (Å²) in [5, 5.41) is 17.7. The first-order valence-corrected chi connectivity index (χ1v) is 4.05. The molecule has 0 saturated heterocycles. The SMILES string of the molecule is Cn1nccc1CCc1nn[nH]n1. The minimum Gasteiger partial charge on any atom is -0.273 e. The third-order valence-corrected chi connectivity index (χ3v) is 1.92. The topological polar surface area (TPSA) is 72.3 Å². The minimum absolute atomic E-state index is 0.737. The first kappa shape index (κ1) is 7.90. The van der Waals surface area contributed by atoms with Crippen molar-refractivity contribution in [2.24, 2.45) is 7.05 Å². The molecule has 2 aromatic heterocycles. The molecule has 0 saturated carbocycles. The number of nitrogens with zero attached hydrogens (tertiary/aromatic N) is 5. The lowest BCUT2D eigenvalue weighted by molar-refractivity contribution is 0.695. The van der Waals surface area contributed by atoms with E-state index in [2.05, 4.69) is 25.7 Å². The van der Waals surface area contributed by atoms with Crippen LogP contribution in [0.4, 0.5) is 0 Å². The fraction of sp³-hybridized carbons (Fsp3) is 0.429. The maximum Gasteiger partial charge on any atom is 0.174 e. The lowest BCUT2D eigenvalue weighted by Gasteiger charge is -1.97. The Morgan fingerprint density at radius 1 is 1.46 bits per heavy atom. The van der Waals surface area contributed by atoms with Crippen molar-refractivity contribution in [3.05, 3.63) is 23.8 Å². The molecule has 13 heavy (non-hydrogen) atoms. The zero-order valence-electron chi connectivity index (χ0n) is 7.30. The number of rotatable bonds is 3. The van der Waals surface area contributed by atoms with Crippen LogP contribution < -0.4 is 0 Å². The second kappa shape index (κ2) is 3.34. The Bertz CT molecular complexity index is 362. The van der Waals surface area contributed by atoms with Crippen LogP contribution in [0.5, 0.6) is 0 Å². The van der Waals surface area contributed by atoms with Gasteiger partial charge in [-0.25, -0.2) is 0 Å². The predicted octanol–water partition coefficient (Wildman–Crippen LogP) is -0.282. The van der Waals surface area contributed by atoms with Gasteiger partial charge < -0.3 is 0 Å². The molecule has 2 heterocycles. The normalized spacial score (nSPS) is 10.5. The molecule has 0 aliphatic heterocycles. The van der Waals surface area contributed by atoms with Gasteiger partial charge in [0.05, 0.1) is 0 Å². The number of hydrogen-bond acceptors (Lipinski definition) is 4. The minimum atomic E-state index is 0.737. The maximum absolute atomic E-state index is 4.07. The standard InChI is InChI=1S/C7H10N6/c1-13-6(4-5-8-13)2-3-7-9-11-12-10-7/h4-5H,2-3H2,1H3,(H,9,10,11,12). The summed E-state index contributed by atoms with van der Waals surface area (Å²) in [6, 6.07) is 1.99. The van der Waals surface area contributed by atoms with Crippen molar-refractivity contribution in [2.45, 2.75) is 12.8 Å². The van der Waals surface area contributed by atoms with E-state index >= 15 is 0 Å². The Morgan fingerprint density at radius 3 is 3.00 bits per heavy atom. The van der Waals surface area contributed by atoms with Crippen molar-refractivity contribution < 1.29 is 0 Å². The van der Waals surface area contributed by atoms with E-state index in [1.54, 1.807) is 6.20 Å². The molecular formula is C7H10N6. The second-order valence-electron chi connectivity index (χ2n) is 2.77. The van der Waals surface area contributed by atoms with Crippen LogP contribution in [-0.4, -0.2) is 30.4 Å². The van der Waals surface area contributed by atoms with Crippen LogP contribution in [0.2, 0.25) is 0 Å².